The number of rotatable bonds is 3. The van der Waals surface area contributed by atoms with E-state index in [0.717, 1.165) is 0 Å². The lowest BCUT2D eigenvalue weighted by Crippen LogP contribution is -2.11. The predicted molar refractivity (Wildman–Crippen MR) is 65.8 cm³/mol. The number of aromatic nitrogens is 4. The van der Waals surface area contributed by atoms with Crippen LogP contribution in [0.2, 0.25) is 0 Å². The van der Waals surface area contributed by atoms with Crippen molar-refractivity contribution in [3.05, 3.63) is 55.1 Å². The first-order valence-corrected chi connectivity index (χ1v) is 5.49. The molecule has 94 valence electrons. The lowest BCUT2D eigenvalue weighted by atomic mass is 10.3. The Morgan fingerprint density at radius 3 is 2.68 bits per heavy atom. The fourth-order valence-electron chi connectivity index (χ4n) is 1.53. The highest BCUT2D eigenvalue weighted by atomic mass is 16.3. The van der Waals surface area contributed by atoms with Gasteiger partial charge in [-0.25, -0.2) is 4.98 Å². The van der Waals surface area contributed by atoms with Gasteiger partial charge in [-0.1, -0.05) is 0 Å². The highest BCUT2D eigenvalue weighted by Crippen LogP contribution is 2.11. The van der Waals surface area contributed by atoms with E-state index in [0.29, 0.717) is 11.5 Å². The van der Waals surface area contributed by atoms with Gasteiger partial charge in [-0.3, -0.25) is 9.36 Å². The summed E-state index contributed by atoms with van der Waals surface area (Å²) in [6.07, 6.45) is 6.09. The van der Waals surface area contributed by atoms with E-state index in [4.69, 9.17) is 4.42 Å². The zero-order valence-corrected chi connectivity index (χ0v) is 9.72. The van der Waals surface area contributed by atoms with Crippen LogP contribution < -0.4 is 5.32 Å². The van der Waals surface area contributed by atoms with Gasteiger partial charge < -0.3 is 9.73 Å². The third-order valence-corrected chi connectivity index (χ3v) is 2.43. The van der Waals surface area contributed by atoms with Gasteiger partial charge in [0.25, 0.3) is 5.91 Å². The van der Waals surface area contributed by atoms with Crippen molar-refractivity contribution in [3.63, 3.8) is 0 Å². The predicted octanol–water partition coefficient (Wildman–Crippen LogP) is 1.51. The van der Waals surface area contributed by atoms with Gasteiger partial charge in [-0.05, 0) is 24.3 Å². The number of amides is 1. The molecule has 0 aliphatic heterocycles. The van der Waals surface area contributed by atoms with Crippen molar-refractivity contribution >= 4 is 11.6 Å². The van der Waals surface area contributed by atoms with Gasteiger partial charge in [0.1, 0.15) is 18.5 Å². The van der Waals surface area contributed by atoms with Gasteiger partial charge in [0.15, 0.2) is 5.76 Å². The third-order valence-electron chi connectivity index (χ3n) is 2.43. The van der Waals surface area contributed by atoms with Crippen LogP contribution in [0.3, 0.4) is 0 Å². The van der Waals surface area contributed by atoms with Crippen molar-refractivity contribution in [2.24, 2.45) is 0 Å². The number of carbonyl (C=O) groups is 1. The monoisotopic (exact) mass is 255 g/mol. The van der Waals surface area contributed by atoms with Crippen LogP contribution in [0.25, 0.3) is 5.82 Å². The van der Waals surface area contributed by atoms with Crippen LogP contribution in [-0.2, 0) is 0 Å². The second kappa shape index (κ2) is 4.73. The molecule has 0 atom stereocenters. The molecule has 1 amide bonds. The zero-order valence-electron chi connectivity index (χ0n) is 9.72. The summed E-state index contributed by atoms with van der Waals surface area (Å²) in [5.41, 5.74) is 0.582. The van der Waals surface area contributed by atoms with Crippen LogP contribution in [0.1, 0.15) is 10.6 Å². The maximum Gasteiger partial charge on any atom is 0.291 e. The molecule has 0 bridgehead atoms. The number of pyridine rings is 1. The topological polar surface area (TPSA) is 85.8 Å². The van der Waals surface area contributed by atoms with E-state index in [1.54, 1.807) is 47.7 Å². The van der Waals surface area contributed by atoms with Crippen LogP contribution in [0.5, 0.6) is 0 Å². The Hall–Kier alpha value is -2.96. The minimum atomic E-state index is -0.316. The molecule has 3 aromatic rings. The SMILES string of the molecule is O=C(Nc1ccc(-n2cnnc2)nc1)c1ccco1. The van der Waals surface area contributed by atoms with Crippen LogP contribution >= 0.6 is 0 Å². The Morgan fingerprint density at radius 2 is 2.05 bits per heavy atom. The van der Waals surface area contributed by atoms with Crippen molar-refractivity contribution < 1.29 is 9.21 Å². The molecule has 7 heteroatoms. The average molecular weight is 255 g/mol. The fraction of sp³-hybridized carbons (Fsp3) is 0. The number of nitrogens with zero attached hydrogens (tertiary/aromatic N) is 4. The van der Waals surface area contributed by atoms with E-state index in [9.17, 15) is 4.79 Å². The number of anilines is 1. The van der Waals surface area contributed by atoms with Gasteiger partial charge >= 0.3 is 0 Å². The van der Waals surface area contributed by atoms with Crippen LogP contribution in [-0.4, -0.2) is 25.7 Å². The number of carbonyl (C=O) groups excluding carboxylic acids is 1. The molecule has 0 fully saturated rings. The quantitative estimate of drug-likeness (QED) is 0.766. The molecular weight excluding hydrogens is 246 g/mol. The van der Waals surface area contributed by atoms with Gasteiger partial charge in [0.2, 0.25) is 0 Å². The highest BCUT2D eigenvalue weighted by molar-refractivity contribution is 6.02. The Morgan fingerprint density at radius 1 is 1.21 bits per heavy atom. The molecule has 0 aromatic carbocycles. The van der Waals surface area contributed by atoms with Gasteiger partial charge in [-0.2, -0.15) is 0 Å². The maximum absolute atomic E-state index is 11.7. The Balaban J connectivity index is 1.75. The van der Waals surface area contributed by atoms with E-state index in [2.05, 4.69) is 20.5 Å². The maximum atomic E-state index is 11.7. The zero-order chi connectivity index (χ0) is 13.1. The average Bonchev–Trinajstić information content (AvgIpc) is 3.13. The van der Waals surface area contributed by atoms with E-state index in [1.165, 1.54) is 6.26 Å². The molecule has 0 saturated carbocycles. The molecule has 19 heavy (non-hydrogen) atoms. The van der Waals surface area contributed by atoms with Gasteiger partial charge in [0, 0.05) is 0 Å². The van der Waals surface area contributed by atoms with Crippen molar-refractivity contribution in [2.75, 3.05) is 5.32 Å². The van der Waals surface area contributed by atoms with E-state index < -0.39 is 0 Å². The molecule has 3 heterocycles. The minimum absolute atomic E-state index is 0.253. The van der Waals surface area contributed by atoms with Crippen LogP contribution in [0.15, 0.2) is 53.8 Å². The van der Waals surface area contributed by atoms with Crippen LogP contribution in [0, 0.1) is 0 Å². The largest absolute Gasteiger partial charge is 0.459 e. The number of hydrogen-bond donors (Lipinski definition) is 1. The molecule has 0 radical (unpaired) electrons. The number of nitrogens with one attached hydrogen (secondary N) is 1. The molecule has 0 spiro atoms. The standard InChI is InChI=1S/C12H9N5O2/c18-12(10-2-1-5-19-10)16-9-3-4-11(13-6-9)17-7-14-15-8-17/h1-8H,(H,16,18). The lowest BCUT2D eigenvalue weighted by molar-refractivity contribution is 0.0996. The van der Waals surface area contributed by atoms with Gasteiger partial charge in [0.05, 0.1) is 18.1 Å². The molecule has 0 saturated heterocycles. The number of hydrogen-bond acceptors (Lipinski definition) is 5. The van der Waals surface area contributed by atoms with E-state index >= 15 is 0 Å². The number of furan rings is 1. The summed E-state index contributed by atoms with van der Waals surface area (Å²) >= 11 is 0. The van der Waals surface area contributed by atoms with Crippen LogP contribution in [0.4, 0.5) is 5.69 Å². The second-order valence-electron chi connectivity index (χ2n) is 3.71. The summed E-state index contributed by atoms with van der Waals surface area (Å²) in [5, 5.41) is 10.1. The molecule has 3 aromatic heterocycles. The normalized spacial score (nSPS) is 10.3. The summed E-state index contributed by atoms with van der Waals surface area (Å²) in [6.45, 7) is 0. The third kappa shape index (κ3) is 2.34. The second-order valence-corrected chi connectivity index (χ2v) is 3.71. The molecular formula is C12H9N5O2. The minimum Gasteiger partial charge on any atom is -0.459 e. The summed E-state index contributed by atoms with van der Waals surface area (Å²) in [6, 6.07) is 6.74. The molecule has 0 aliphatic rings. The fourth-order valence-corrected chi connectivity index (χ4v) is 1.53. The van der Waals surface area contributed by atoms with Gasteiger partial charge in [-0.15, -0.1) is 10.2 Å². The Bertz CT molecular complexity index is 659. The van der Waals surface area contributed by atoms with Crippen molar-refractivity contribution in [1.82, 2.24) is 19.7 Å². The summed E-state index contributed by atoms with van der Waals surface area (Å²) in [4.78, 5) is 15.9. The molecule has 0 unspecified atom stereocenters. The molecule has 7 nitrogen and oxygen atoms in total. The summed E-state index contributed by atoms with van der Waals surface area (Å²) < 4.78 is 6.66. The smallest absolute Gasteiger partial charge is 0.291 e. The molecule has 0 aliphatic carbocycles. The lowest BCUT2D eigenvalue weighted by Gasteiger charge is -2.04. The first-order valence-electron chi connectivity index (χ1n) is 5.49. The van der Waals surface area contributed by atoms with Crippen molar-refractivity contribution in [1.29, 1.82) is 0 Å². The molecule has 1 N–H and O–H groups in total. The van der Waals surface area contributed by atoms with E-state index in [1.807, 2.05) is 0 Å². The summed E-state index contributed by atoms with van der Waals surface area (Å²) in [5.74, 6) is 0.604. The first kappa shape index (κ1) is 11.1. The first-order chi connectivity index (χ1) is 9.33. The van der Waals surface area contributed by atoms with Crippen molar-refractivity contribution in [3.8, 4) is 5.82 Å². The summed E-state index contributed by atoms with van der Waals surface area (Å²) in [7, 11) is 0. The highest BCUT2D eigenvalue weighted by Gasteiger charge is 2.08. The molecule has 3 rings (SSSR count). The van der Waals surface area contributed by atoms with E-state index in [-0.39, 0.29) is 11.7 Å². The van der Waals surface area contributed by atoms with Crippen molar-refractivity contribution in [2.45, 2.75) is 0 Å². The Kier molecular flexibility index (Phi) is 2.77. The Labute approximate surface area is 107 Å².